The van der Waals surface area contributed by atoms with Crippen LogP contribution in [0.4, 0.5) is 17.6 Å². The maximum absolute atomic E-state index is 13.2. The van der Waals surface area contributed by atoms with Crippen molar-refractivity contribution in [1.82, 2.24) is 0 Å². The number of rotatable bonds is 2. The predicted molar refractivity (Wildman–Crippen MR) is 92.0 cm³/mol. The molecule has 0 unspecified atom stereocenters. The number of benzene rings is 3. The lowest BCUT2D eigenvalue weighted by Crippen LogP contribution is -2.03. The first kappa shape index (κ1) is 16.4. The third kappa shape index (κ3) is 2.96. The molecule has 0 radical (unpaired) electrons. The molecule has 0 bridgehead atoms. The summed E-state index contributed by atoms with van der Waals surface area (Å²) >= 11 is 0. The third-order valence-electron chi connectivity index (χ3n) is 4.25. The van der Waals surface area contributed by atoms with Crippen LogP contribution in [0.15, 0.2) is 77.4 Å². The van der Waals surface area contributed by atoms with Crippen LogP contribution < -0.4 is 0 Å². The van der Waals surface area contributed by atoms with Gasteiger partial charge >= 0.3 is 6.18 Å². The van der Waals surface area contributed by atoms with E-state index < -0.39 is 11.7 Å². The lowest BCUT2D eigenvalue weighted by atomic mass is 9.96. The minimum absolute atomic E-state index is 0.344. The van der Waals surface area contributed by atoms with E-state index in [1.54, 1.807) is 24.5 Å². The summed E-state index contributed by atoms with van der Waals surface area (Å²) in [4.78, 5) is 0. The molecule has 0 spiro atoms. The normalized spacial score (nSPS) is 11.8. The van der Waals surface area contributed by atoms with E-state index in [1.165, 1.54) is 24.3 Å². The zero-order valence-electron chi connectivity index (χ0n) is 13.3. The molecule has 130 valence electrons. The van der Waals surface area contributed by atoms with Crippen molar-refractivity contribution >= 4 is 11.0 Å². The fraction of sp³-hybridized carbons (Fsp3) is 0.0476. The molecule has 1 aromatic heterocycles. The minimum atomic E-state index is -4.37. The van der Waals surface area contributed by atoms with Gasteiger partial charge in [0.05, 0.1) is 11.8 Å². The van der Waals surface area contributed by atoms with Crippen molar-refractivity contribution < 1.29 is 22.0 Å². The summed E-state index contributed by atoms with van der Waals surface area (Å²) in [5.41, 5.74) is 2.88. The van der Waals surface area contributed by atoms with Crippen molar-refractivity contribution in [1.29, 1.82) is 0 Å². The number of hydrogen-bond acceptors (Lipinski definition) is 1. The van der Waals surface area contributed by atoms with Gasteiger partial charge in [-0.25, -0.2) is 4.39 Å². The molecule has 1 heterocycles. The van der Waals surface area contributed by atoms with Crippen molar-refractivity contribution in [3.63, 3.8) is 0 Å². The molecule has 0 saturated heterocycles. The highest BCUT2D eigenvalue weighted by Gasteiger charge is 2.30. The van der Waals surface area contributed by atoms with Crippen molar-refractivity contribution in [3.8, 4) is 22.3 Å². The summed E-state index contributed by atoms with van der Waals surface area (Å²) in [6, 6.07) is 16.5. The summed E-state index contributed by atoms with van der Waals surface area (Å²) in [5, 5.41) is 0.821. The van der Waals surface area contributed by atoms with Crippen LogP contribution in [0.3, 0.4) is 0 Å². The van der Waals surface area contributed by atoms with E-state index in [4.69, 9.17) is 4.42 Å². The van der Waals surface area contributed by atoms with Crippen LogP contribution in [0.1, 0.15) is 5.56 Å². The number of hydrogen-bond donors (Lipinski definition) is 0. The van der Waals surface area contributed by atoms with Crippen molar-refractivity contribution in [3.05, 3.63) is 84.4 Å². The van der Waals surface area contributed by atoms with Crippen molar-refractivity contribution in [2.24, 2.45) is 0 Å². The van der Waals surface area contributed by atoms with Crippen LogP contribution in [0.2, 0.25) is 0 Å². The van der Waals surface area contributed by atoms with Crippen LogP contribution in [0.5, 0.6) is 0 Å². The Hall–Kier alpha value is -3.08. The SMILES string of the molecule is Fc1ccc(-c2cc(-c3ccc(C(F)(F)F)cc3)cc3ccoc23)cc1. The summed E-state index contributed by atoms with van der Waals surface area (Å²) in [6.45, 7) is 0. The van der Waals surface area contributed by atoms with Crippen LogP contribution >= 0.6 is 0 Å². The zero-order chi connectivity index (χ0) is 18.3. The molecule has 0 aliphatic carbocycles. The third-order valence-corrected chi connectivity index (χ3v) is 4.25. The van der Waals surface area contributed by atoms with E-state index in [1.807, 2.05) is 12.1 Å². The zero-order valence-corrected chi connectivity index (χ0v) is 13.3. The number of halogens is 4. The number of furan rings is 1. The van der Waals surface area contributed by atoms with Crippen molar-refractivity contribution in [2.75, 3.05) is 0 Å². The maximum atomic E-state index is 13.2. The van der Waals surface area contributed by atoms with E-state index in [0.717, 1.165) is 34.2 Å². The Morgan fingerprint density at radius 1 is 0.692 bits per heavy atom. The molecule has 0 fully saturated rings. The van der Waals surface area contributed by atoms with E-state index in [9.17, 15) is 17.6 Å². The Bertz CT molecular complexity index is 1060. The Balaban J connectivity index is 1.85. The molecule has 0 atom stereocenters. The van der Waals surface area contributed by atoms with Crippen LogP contribution in [0, 0.1) is 5.82 Å². The Morgan fingerprint density at radius 3 is 2.00 bits per heavy atom. The van der Waals surface area contributed by atoms with Crippen LogP contribution in [0.25, 0.3) is 33.2 Å². The highest BCUT2D eigenvalue weighted by atomic mass is 19.4. The second kappa shape index (κ2) is 6.02. The van der Waals surface area contributed by atoms with Gasteiger partial charge in [0.1, 0.15) is 11.4 Å². The standard InChI is InChI=1S/C21H12F4O/c22-18-7-3-14(4-8-18)19-12-16(11-15-9-10-26-20(15)19)13-1-5-17(6-2-13)21(23,24)25/h1-12H. The van der Waals surface area contributed by atoms with Gasteiger partial charge in [-0.3, -0.25) is 0 Å². The molecule has 26 heavy (non-hydrogen) atoms. The van der Waals surface area contributed by atoms with E-state index in [0.29, 0.717) is 11.1 Å². The predicted octanol–water partition coefficient (Wildman–Crippen LogP) is 6.92. The molecular formula is C21H12F4O. The Kier molecular flexibility index (Phi) is 3.80. The van der Waals surface area contributed by atoms with Gasteiger partial charge in [0.25, 0.3) is 0 Å². The van der Waals surface area contributed by atoms with Gasteiger partial charge in [0.2, 0.25) is 0 Å². The molecule has 0 aliphatic rings. The maximum Gasteiger partial charge on any atom is 0.416 e. The van der Waals surface area contributed by atoms with E-state index in [2.05, 4.69) is 0 Å². The topological polar surface area (TPSA) is 13.1 Å². The van der Waals surface area contributed by atoms with Gasteiger partial charge in [-0.1, -0.05) is 24.3 Å². The van der Waals surface area contributed by atoms with Gasteiger partial charge in [-0.05, 0) is 59.2 Å². The minimum Gasteiger partial charge on any atom is -0.464 e. The average molecular weight is 356 g/mol. The second-order valence-corrected chi connectivity index (χ2v) is 5.94. The van der Waals surface area contributed by atoms with Gasteiger partial charge < -0.3 is 4.42 Å². The molecule has 0 N–H and O–H groups in total. The van der Waals surface area contributed by atoms with Crippen LogP contribution in [-0.2, 0) is 6.18 Å². The van der Waals surface area contributed by atoms with Crippen molar-refractivity contribution in [2.45, 2.75) is 6.18 Å². The fourth-order valence-corrected chi connectivity index (χ4v) is 2.94. The average Bonchev–Trinajstić information content (AvgIpc) is 3.10. The molecule has 4 rings (SSSR count). The first-order valence-electron chi connectivity index (χ1n) is 7.87. The van der Waals surface area contributed by atoms with E-state index >= 15 is 0 Å². The molecule has 0 saturated carbocycles. The van der Waals surface area contributed by atoms with Crippen LogP contribution in [-0.4, -0.2) is 0 Å². The summed E-state index contributed by atoms with van der Waals surface area (Å²) < 4.78 is 57.1. The molecule has 1 nitrogen and oxygen atoms in total. The highest BCUT2D eigenvalue weighted by molar-refractivity contribution is 5.96. The quantitative estimate of drug-likeness (QED) is 0.355. The summed E-state index contributed by atoms with van der Waals surface area (Å²) in [6.07, 6.45) is -2.82. The van der Waals surface area contributed by atoms with Gasteiger partial charge in [-0.2, -0.15) is 13.2 Å². The Labute approximate surface area is 146 Å². The molecular weight excluding hydrogens is 344 g/mol. The van der Waals surface area contributed by atoms with Gasteiger partial charge in [0.15, 0.2) is 0 Å². The van der Waals surface area contributed by atoms with Gasteiger partial charge in [-0.15, -0.1) is 0 Å². The summed E-state index contributed by atoms with van der Waals surface area (Å²) in [5.74, 6) is -0.344. The second-order valence-electron chi connectivity index (χ2n) is 5.94. The smallest absolute Gasteiger partial charge is 0.416 e. The lowest BCUT2D eigenvalue weighted by molar-refractivity contribution is -0.137. The fourth-order valence-electron chi connectivity index (χ4n) is 2.94. The van der Waals surface area contributed by atoms with Gasteiger partial charge in [0, 0.05) is 10.9 Å². The largest absolute Gasteiger partial charge is 0.464 e. The lowest BCUT2D eigenvalue weighted by Gasteiger charge is -2.10. The number of alkyl halides is 3. The first-order valence-corrected chi connectivity index (χ1v) is 7.87. The first-order chi connectivity index (χ1) is 12.4. The molecule has 4 aromatic rings. The van der Waals surface area contributed by atoms with E-state index in [-0.39, 0.29) is 5.82 Å². The highest BCUT2D eigenvalue weighted by Crippen LogP contribution is 2.36. The summed E-state index contributed by atoms with van der Waals surface area (Å²) in [7, 11) is 0. The Morgan fingerprint density at radius 2 is 1.35 bits per heavy atom. The monoisotopic (exact) mass is 356 g/mol. The molecule has 3 aromatic carbocycles. The molecule has 5 heteroatoms. The molecule has 0 amide bonds. The molecule has 0 aliphatic heterocycles. The number of fused-ring (bicyclic) bond motifs is 1.